The summed E-state index contributed by atoms with van der Waals surface area (Å²) < 4.78 is 5.86. The van der Waals surface area contributed by atoms with Crippen LogP contribution >= 0.6 is 0 Å². The molecular weight excluding hydrogens is 400 g/mol. The largest absolute Gasteiger partial charge is 0.458 e. The summed E-state index contributed by atoms with van der Waals surface area (Å²) in [6.45, 7) is 8.63. The van der Waals surface area contributed by atoms with Gasteiger partial charge in [-0.3, -0.25) is 4.79 Å². The zero-order valence-electron chi connectivity index (χ0n) is 20.3. The van der Waals surface area contributed by atoms with E-state index in [1.165, 1.54) is 12.0 Å². The van der Waals surface area contributed by atoms with E-state index in [-0.39, 0.29) is 35.4 Å². The third kappa shape index (κ3) is 3.04. The number of ether oxygens (including phenoxy) is 1. The standard InChI is InChI=1S/C28H40O4/c1-16-14-24(32-26(31)17(16)2)20(15-29)22-11-10-21-19-9-8-18-6-5-7-25(30)28(18,4)23(19)12-13-27(21,22)3/h8,19-24,29H,5-7,9-15H2,1-4H3/t19-,20-,21-,22+,23-,24+,27-,28-/m0/s1. The van der Waals surface area contributed by atoms with E-state index >= 15 is 0 Å². The average Bonchev–Trinajstić information content (AvgIpc) is 3.11. The highest BCUT2D eigenvalue weighted by Crippen LogP contribution is 2.67. The van der Waals surface area contributed by atoms with Crippen LogP contribution < -0.4 is 0 Å². The molecule has 32 heavy (non-hydrogen) atoms. The molecule has 176 valence electrons. The minimum absolute atomic E-state index is 0.00450. The van der Waals surface area contributed by atoms with Crippen molar-refractivity contribution in [2.75, 3.05) is 6.61 Å². The van der Waals surface area contributed by atoms with Gasteiger partial charge in [-0.25, -0.2) is 4.79 Å². The van der Waals surface area contributed by atoms with Crippen LogP contribution in [0.3, 0.4) is 0 Å². The molecule has 1 aliphatic heterocycles. The fraction of sp³-hybridized carbons (Fsp3) is 0.786. The quantitative estimate of drug-likeness (QED) is 0.472. The summed E-state index contributed by atoms with van der Waals surface area (Å²) in [5.41, 5.74) is 3.15. The Bertz CT molecular complexity index is 884. The van der Waals surface area contributed by atoms with Gasteiger partial charge in [-0.1, -0.05) is 24.1 Å². The van der Waals surface area contributed by atoms with Crippen LogP contribution in [0.2, 0.25) is 0 Å². The van der Waals surface area contributed by atoms with Crippen molar-refractivity contribution in [2.24, 2.45) is 40.4 Å². The zero-order chi connectivity index (χ0) is 22.8. The molecule has 8 atom stereocenters. The number of esters is 1. The monoisotopic (exact) mass is 440 g/mol. The number of ketones is 1. The van der Waals surface area contributed by atoms with Gasteiger partial charge in [0.05, 0.1) is 5.41 Å². The minimum Gasteiger partial charge on any atom is -0.458 e. The molecule has 4 nitrogen and oxygen atoms in total. The van der Waals surface area contributed by atoms with Crippen molar-refractivity contribution in [3.63, 3.8) is 0 Å². The fourth-order valence-corrected chi connectivity index (χ4v) is 8.89. The number of rotatable bonds is 3. The van der Waals surface area contributed by atoms with Crippen LogP contribution in [0.4, 0.5) is 0 Å². The molecule has 4 aliphatic carbocycles. The van der Waals surface area contributed by atoms with Crippen LogP contribution in [0.5, 0.6) is 0 Å². The van der Waals surface area contributed by atoms with Crippen LogP contribution in [-0.4, -0.2) is 29.6 Å². The van der Waals surface area contributed by atoms with E-state index in [1.807, 2.05) is 13.8 Å². The number of hydrogen-bond acceptors (Lipinski definition) is 4. The normalized spacial score (nSPS) is 44.9. The molecule has 3 fully saturated rings. The van der Waals surface area contributed by atoms with Crippen molar-refractivity contribution in [1.29, 1.82) is 0 Å². The van der Waals surface area contributed by atoms with E-state index in [0.29, 0.717) is 29.5 Å². The highest BCUT2D eigenvalue weighted by molar-refractivity contribution is 5.90. The van der Waals surface area contributed by atoms with Crippen LogP contribution in [0, 0.1) is 40.4 Å². The van der Waals surface area contributed by atoms with E-state index in [9.17, 15) is 14.7 Å². The molecule has 5 aliphatic rings. The summed E-state index contributed by atoms with van der Waals surface area (Å²) in [5, 5.41) is 10.5. The zero-order valence-corrected chi connectivity index (χ0v) is 20.3. The summed E-state index contributed by atoms with van der Waals surface area (Å²) >= 11 is 0. The molecule has 0 saturated heterocycles. The van der Waals surface area contributed by atoms with E-state index in [4.69, 9.17) is 4.74 Å². The van der Waals surface area contributed by atoms with Crippen molar-refractivity contribution in [2.45, 2.75) is 91.6 Å². The summed E-state index contributed by atoms with van der Waals surface area (Å²) in [4.78, 5) is 25.6. The first kappa shape index (κ1) is 22.4. The van der Waals surface area contributed by atoms with Gasteiger partial charge in [0, 0.05) is 30.9 Å². The van der Waals surface area contributed by atoms with E-state index in [1.54, 1.807) is 0 Å². The number of carbonyl (C=O) groups excluding carboxylic acids is 2. The summed E-state index contributed by atoms with van der Waals surface area (Å²) in [6, 6.07) is 0. The molecule has 0 amide bonds. The molecule has 0 bridgehead atoms. The van der Waals surface area contributed by atoms with Crippen molar-refractivity contribution in [1.82, 2.24) is 0 Å². The molecule has 4 heteroatoms. The predicted octanol–water partition coefficient (Wildman–Crippen LogP) is 5.39. The van der Waals surface area contributed by atoms with Crippen molar-refractivity contribution < 1.29 is 19.4 Å². The molecule has 0 aromatic rings. The molecule has 0 spiro atoms. The maximum atomic E-state index is 13.2. The van der Waals surface area contributed by atoms with Crippen LogP contribution in [0.15, 0.2) is 22.8 Å². The maximum absolute atomic E-state index is 13.2. The molecule has 0 unspecified atom stereocenters. The number of cyclic esters (lactones) is 1. The highest BCUT2D eigenvalue weighted by atomic mass is 16.5. The minimum atomic E-state index is -0.241. The Morgan fingerprint density at radius 2 is 1.91 bits per heavy atom. The fourth-order valence-electron chi connectivity index (χ4n) is 8.89. The number of hydrogen-bond donors (Lipinski definition) is 1. The van der Waals surface area contributed by atoms with Crippen molar-refractivity contribution >= 4 is 11.8 Å². The Balaban J connectivity index is 1.42. The first-order chi connectivity index (χ1) is 15.2. The van der Waals surface area contributed by atoms with E-state index in [2.05, 4.69) is 19.9 Å². The first-order valence-corrected chi connectivity index (χ1v) is 12.9. The Labute approximate surface area is 192 Å². The Morgan fingerprint density at radius 3 is 2.62 bits per heavy atom. The molecule has 0 aromatic carbocycles. The Kier molecular flexibility index (Phi) is 5.47. The van der Waals surface area contributed by atoms with Gasteiger partial charge in [0.2, 0.25) is 0 Å². The van der Waals surface area contributed by atoms with Crippen LogP contribution in [0.25, 0.3) is 0 Å². The summed E-state index contributed by atoms with van der Waals surface area (Å²) in [6.07, 6.45) is 11.4. The first-order valence-electron chi connectivity index (χ1n) is 12.9. The van der Waals surface area contributed by atoms with Crippen molar-refractivity contribution in [3.05, 3.63) is 22.8 Å². The summed E-state index contributed by atoms with van der Waals surface area (Å²) in [7, 11) is 0. The lowest BCUT2D eigenvalue weighted by Gasteiger charge is -2.57. The van der Waals surface area contributed by atoms with Gasteiger partial charge in [0.15, 0.2) is 0 Å². The van der Waals surface area contributed by atoms with E-state index in [0.717, 1.165) is 62.5 Å². The SMILES string of the molecule is CC1=C(C)C(=O)O[C@@H]([C@@H](CO)[C@H]2CC[C@H]3[C@@H]4CC=C5CCCC(=O)[C@]5(C)[C@H]4CC[C@]23C)C1. The summed E-state index contributed by atoms with van der Waals surface area (Å²) in [5.74, 6) is 2.24. The second-order valence-corrected chi connectivity index (χ2v) is 11.9. The number of carbonyl (C=O) groups is 2. The second-order valence-electron chi connectivity index (χ2n) is 11.9. The number of aliphatic hydroxyl groups excluding tert-OH is 1. The number of fused-ring (bicyclic) bond motifs is 5. The van der Waals surface area contributed by atoms with E-state index < -0.39 is 0 Å². The van der Waals surface area contributed by atoms with Gasteiger partial charge >= 0.3 is 5.97 Å². The van der Waals surface area contributed by atoms with Crippen molar-refractivity contribution in [3.8, 4) is 0 Å². The van der Waals surface area contributed by atoms with Gasteiger partial charge in [0.25, 0.3) is 0 Å². The molecule has 0 aromatic heterocycles. The average molecular weight is 441 g/mol. The number of allylic oxidation sites excluding steroid dienone is 2. The third-order valence-electron chi connectivity index (χ3n) is 10.9. The lowest BCUT2D eigenvalue weighted by Crippen LogP contribution is -2.53. The number of aliphatic hydroxyl groups is 1. The molecule has 0 radical (unpaired) electrons. The highest BCUT2D eigenvalue weighted by Gasteiger charge is 2.61. The topological polar surface area (TPSA) is 63.6 Å². The molecule has 1 N–H and O–H groups in total. The molecular formula is C28H40O4. The van der Waals surface area contributed by atoms with Gasteiger partial charge in [0.1, 0.15) is 11.9 Å². The smallest absolute Gasteiger partial charge is 0.333 e. The van der Waals surface area contributed by atoms with Gasteiger partial charge < -0.3 is 9.84 Å². The third-order valence-corrected chi connectivity index (χ3v) is 10.9. The van der Waals surface area contributed by atoms with Gasteiger partial charge in [-0.2, -0.15) is 0 Å². The number of Topliss-reactive ketones (excluding diaryl/α,β-unsaturated/α-hetero) is 1. The Morgan fingerprint density at radius 1 is 1.12 bits per heavy atom. The van der Waals surface area contributed by atoms with Crippen LogP contribution in [-0.2, 0) is 14.3 Å². The maximum Gasteiger partial charge on any atom is 0.333 e. The van der Waals surface area contributed by atoms with Crippen LogP contribution in [0.1, 0.15) is 85.5 Å². The lowest BCUT2D eigenvalue weighted by atomic mass is 9.46. The predicted molar refractivity (Wildman–Crippen MR) is 124 cm³/mol. The van der Waals surface area contributed by atoms with Gasteiger partial charge in [-0.15, -0.1) is 0 Å². The Hall–Kier alpha value is -1.42. The molecule has 1 heterocycles. The van der Waals surface area contributed by atoms with Gasteiger partial charge in [-0.05, 0) is 94.8 Å². The lowest BCUT2D eigenvalue weighted by molar-refractivity contribution is -0.154. The second kappa shape index (κ2) is 7.82. The molecule has 3 saturated carbocycles. The molecule has 5 rings (SSSR count).